The molecule has 0 spiro atoms. The zero-order valence-corrected chi connectivity index (χ0v) is 19.8. The molecule has 3 aromatic rings. The van der Waals surface area contributed by atoms with E-state index in [0.29, 0.717) is 47.8 Å². The lowest BCUT2D eigenvalue weighted by molar-refractivity contribution is 0.266. The van der Waals surface area contributed by atoms with Gasteiger partial charge < -0.3 is 19.5 Å². The van der Waals surface area contributed by atoms with Crippen LogP contribution in [0.4, 0.5) is 0 Å². The van der Waals surface area contributed by atoms with E-state index in [1.807, 2.05) is 55.5 Å². The Bertz CT molecular complexity index is 982. The van der Waals surface area contributed by atoms with E-state index in [0.717, 1.165) is 22.4 Å². The summed E-state index contributed by atoms with van der Waals surface area (Å²) in [7, 11) is 1.68. The SMILES string of the molecule is CCOc1cccc(CNCc2ccccc2OC)c1OCc1ccc(Cl)cc1Cl.Cl. The van der Waals surface area contributed by atoms with Crippen molar-refractivity contribution in [2.24, 2.45) is 0 Å². The van der Waals surface area contributed by atoms with Crippen LogP contribution in [0.1, 0.15) is 23.6 Å². The summed E-state index contributed by atoms with van der Waals surface area (Å²) >= 11 is 12.3. The Hall–Kier alpha value is -2.11. The van der Waals surface area contributed by atoms with E-state index in [2.05, 4.69) is 5.32 Å². The molecule has 7 heteroatoms. The molecule has 0 aliphatic rings. The fraction of sp³-hybridized carbons (Fsp3) is 0.250. The van der Waals surface area contributed by atoms with E-state index >= 15 is 0 Å². The standard InChI is InChI=1S/C24H25Cl2NO3.ClH/c1-3-29-23-10-6-8-18(15-27-14-17-7-4-5-9-22(17)28-2)24(23)30-16-19-11-12-20(25)13-21(19)26;/h4-13,27H,3,14-16H2,1-2H3;1H. The van der Waals surface area contributed by atoms with Gasteiger partial charge in [0, 0.05) is 39.8 Å². The molecule has 0 fully saturated rings. The van der Waals surface area contributed by atoms with E-state index in [1.54, 1.807) is 19.2 Å². The number of ether oxygens (including phenoxy) is 3. The van der Waals surface area contributed by atoms with E-state index in [1.165, 1.54) is 0 Å². The molecule has 3 rings (SSSR count). The molecule has 0 aliphatic heterocycles. The maximum atomic E-state index is 6.30. The van der Waals surface area contributed by atoms with Gasteiger partial charge in [0.2, 0.25) is 0 Å². The summed E-state index contributed by atoms with van der Waals surface area (Å²) in [5.74, 6) is 2.28. The fourth-order valence-corrected chi connectivity index (χ4v) is 3.57. The van der Waals surface area contributed by atoms with Crippen molar-refractivity contribution >= 4 is 35.6 Å². The van der Waals surface area contributed by atoms with E-state index < -0.39 is 0 Å². The van der Waals surface area contributed by atoms with Crippen LogP contribution in [-0.4, -0.2) is 13.7 Å². The Morgan fingerprint density at radius 3 is 2.26 bits per heavy atom. The van der Waals surface area contributed by atoms with Crippen molar-refractivity contribution in [3.63, 3.8) is 0 Å². The van der Waals surface area contributed by atoms with Crippen LogP contribution in [-0.2, 0) is 19.7 Å². The first kappa shape index (κ1) is 25.2. The lowest BCUT2D eigenvalue weighted by Crippen LogP contribution is -2.15. The highest BCUT2D eigenvalue weighted by molar-refractivity contribution is 6.35. The van der Waals surface area contributed by atoms with Gasteiger partial charge in [0.05, 0.1) is 13.7 Å². The molecule has 0 atom stereocenters. The number of rotatable bonds is 10. The molecule has 166 valence electrons. The summed E-state index contributed by atoms with van der Waals surface area (Å²) in [6, 6.07) is 19.2. The molecule has 0 saturated heterocycles. The van der Waals surface area contributed by atoms with E-state index in [9.17, 15) is 0 Å². The second kappa shape index (κ2) is 12.7. The molecule has 3 aromatic carbocycles. The Labute approximate surface area is 199 Å². The van der Waals surface area contributed by atoms with Gasteiger partial charge in [0.25, 0.3) is 0 Å². The topological polar surface area (TPSA) is 39.7 Å². The van der Waals surface area contributed by atoms with E-state index in [4.69, 9.17) is 37.4 Å². The van der Waals surface area contributed by atoms with Gasteiger partial charge >= 0.3 is 0 Å². The van der Waals surface area contributed by atoms with Crippen LogP contribution in [0.2, 0.25) is 10.0 Å². The number of methoxy groups -OCH3 is 1. The third-order valence-electron chi connectivity index (χ3n) is 4.57. The van der Waals surface area contributed by atoms with Gasteiger partial charge in [-0.05, 0) is 31.2 Å². The monoisotopic (exact) mass is 481 g/mol. The Morgan fingerprint density at radius 1 is 0.806 bits per heavy atom. The minimum atomic E-state index is 0. The van der Waals surface area contributed by atoms with Crippen LogP contribution in [0.25, 0.3) is 0 Å². The lowest BCUT2D eigenvalue weighted by Gasteiger charge is -2.17. The molecule has 0 amide bonds. The van der Waals surface area contributed by atoms with Gasteiger partial charge in [0.1, 0.15) is 12.4 Å². The molecular formula is C24H26Cl3NO3. The van der Waals surface area contributed by atoms with Crippen LogP contribution in [0.5, 0.6) is 17.2 Å². The largest absolute Gasteiger partial charge is 0.496 e. The predicted molar refractivity (Wildman–Crippen MR) is 129 cm³/mol. The maximum Gasteiger partial charge on any atom is 0.166 e. The summed E-state index contributed by atoms with van der Waals surface area (Å²) in [4.78, 5) is 0. The Morgan fingerprint density at radius 2 is 1.52 bits per heavy atom. The van der Waals surface area contributed by atoms with Crippen LogP contribution in [0.3, 0.4) is 0 Å². The second-order valence-electron chi connectivity index (χ2n) is 6.62. The van der Waals surface area contributed by atoms with Gasteiger partial charge in [0.15, 0.2) is 11.5 Å². The zero-order chi connectivity index (χ0) is 21.3. The lowest BCUT2D eigenvalue weighted by atomic mass is 10.1. The van der Waals surface area contributed by atoms with Crippen LogP contribution < -0.4 is 19.5 Å². The average molecular weight is 483 g/mol. The Balaban J connectivity index is 0.00000341. The molecule has 0 aliphatic carbocycles. The van der Waals surface area contributed by atoms with Crippen LogP contribution in [0.15, 0.2) is 60.7 Å². The molecule has 0 radical (unpaired) electrons. The van der Waals surface area contributed by atoms with E-state index in [-0.39, 0.29) is 12.4 Å². The average Bonchev–Trinajstić information content (AvgIpc) is 2.75. The second-order valence-corrected chi connectivity index (χ2v) is 7.46. The molecule has 0 heterocycles. The van der Waals surface area contributed by atoms with Crippen molar-refractivity contribution in [3.8, 4) is 17.2 Å². The van der Waals surface area contributed by atoms with Crippen molar-refractivity contribution in [2.75, 3.05) is 13.7 Å². The first-order valence-electron chi connectivity index (χ1n) is 9.76. The number of hydrogen-bond acceptors (Lipinski definition) is 4. The quantitative estimate of drug-likeness (QED) is 0.349. The van der Waals surface area contributed by atoms with Crippen molar-refractivity contribution < 1.29 is 14.2 Å². The molecule has 0 saturated carbocycles. The minimum absolute atomic E-state index is 0. The first-order chi connectivity index (χ1) is 14.6. The molecule has 0 unspecified atom stereocenters. The molecule has 4 nitrogen and oxygen atoms in total. The summed E-state index contributed by atoms with van der Waals surface area (Å²) in [5.41, 5.74) is 2.96. The molecule has 0 bridgehead atoms. The number of hydrogen-bond donors (Lipinski definition) is 1. The highest BCUT2D eigenvalue weighted by atomic mass is 35.5. The third-order valence-corrected chi connectivity index (χ3v) is 5.16. The summed E-state index contributed by atoms with van der Waals surface area (Å²) in [6.07, 6.45) is 0. The van der Waals surface area contributed by atoms with Crippen LogP contribution in [0, 0.1) is 0 Å². The number of benzene rings is 3. The maximum absolute atomic E-state index is 6.30. The molecular weight excluding hydrogens is 457 g/mol. The summed E-state index contributed by atoms with van der Waals surface area (Å²) in [6.45, 7) is 4.11. The third kappa shape index (κ3) is 6.94. The molecule has 1 N–H and O–H groups in total. The van der Waals surface area contributed by atoms with Gasteiger partial charge in [-0.15, -0.1) is 12.4 Å². The molecule has 0 aromatic heterocycles. The van der Waals surface area contributed by atoms with Crippen molar-refractivity contribution in [1.29, 1.82) is 0 Å². The highest BCUT2D eigenvalue weighted by Crippen LogP contribution is 2.33. The van der Waals surface area contributed by atoms with Crippen molar-refractivity contribution in [2.45, 2.75) is 26.6 Å². The summed E-state index contributed by atoms with van der Waals surface area (Å²) in [5, 5.41) is 4.63. The first-order valence-corrected chi connectivity index (χ1v) is 10.5. The van der Waals surface area contributed by atoms with Gasteiger partial charge in [-0.25, -0.2) is 0 Å². The van der Waals surface area contributed by atoms with Gasteiger partial charge in [-0.2, -0.15) is 0 Å². The van der Waals surface area contributed by atoms with Crippen molar-refractivity contribution in [1.82, 2.24) is 5.32 Å². The summed E-state index contributed by atoms with van der Waals surface area (Å²) < 4.78 is 17.4. The minimum Gasteiger partial charge on any atom is -0.496 e. The predicted octanol–water partition coefficient (Wildman–Crippen LogP) is 6.69. The van der Waals surface area contributed by atoms with Gasteiger partial charge in [-0.1, -0.05) is 59.6 Å². The number of para-hydroxylation sites is 2. The smallest absolute Gasteiger partial charge is 0.166 e. The molecule has 31 heavy (non-hydrogen) atoms. The van der Waals surface area contributed by atoms with Crippen molar-refractivity contribution in [3.05, 3.63) is 87.4 Å². The zero-order valence-electron chi connectivity index (χ0n) is 17.5. The number of nitrogens with one attached hydrogen (secondary N) is 1. The fourth-order valence-electron chi connectivity index (χ4n) is 3.10. The van der Waals surface area contributed by atoms with Crippen LogP contribution >= 0.6 is 35.6 Å². The number of halogens is 3. The Kier molecular flexibility index (Phi) is 10.3. The normalized spacial score (nSPS) is 10.3. The van der Waals surface area contributed by atoms with Gasteiger partial charge in [-0.3, -0.25) is 0 Å². The highest BCUT2D eigenvalue weighted by Gasteiger charge is 2.13.